The lowest BCUT2D eigenvalue weighted by molar-refractivity contribution is -0.115. The van der Waals surface area contributed by atoms with Crippen LogP contribution in [0, 0.1) is 5.92 Å². The van der Waals surface area contributed by atoms with Crippen LogP contribution < -0.4 is 11.1 Å². The minimum Gasteiger partial charge on any atom is -0.365 e. The Morgan fingerprint density at radius 2 is 2.24 bits per heavy atom. The van der Waals surface area contributed by atoms with E-state index >= 15 is 0 Å². The van der Waals surface area contributed by atoms with Crippen molar-refractivity contribution in [3.05, 3.63) is 16.0 Å². The topological polar surface area (TPSA) is 72.2 Å². The number of fused-ring (bicyclic) bond motifs is 1. The van der Waals surface area contributed by atoms with Crippen molar-refractivity contribution in [2.45, 2.75) is 45.4 Å². The first-order valence-corrected chi connectivity index (χ1v) is 8.72. The van der Waals surface area contributed by atoms with Gasteiger partial charge in [0.05, 0.1) is 5.56 Å². The Bertz CT molecular complexity index is 542. The average Bonchev–Trinajstić information content (AvgIpc) is 2.76. The minimum atomic E-state index is -0.456. The molecule has 1 aromatic rings. The number of nitrogens with two attached hydrogens (primary N) is 1. The third kappa shape index (κ3) is 3.77. The van der Waals surface area contributed by atoms with Crippen LogP contribution in [0.4, 0.5) is 5.00 Å². The van der Waals surface area contributed by atoms with Crippen molar-refractivity contribution in [3.63, 3.8) is 0 Å². The molecule has 2 amide bonds. The van der Waals surface area contributed by atoms with E-state index in [1.165, 1.54) is 29.1 Å². The smallest absolute Gasteiger partial charge is 0.251 e. The first kappa shape index (κ1) is 16.3. The van der Waals surface area contributed by atoms with E-state index in [0.29, 0.717) is 16.5 Å². The highest BCUT2D eigenvalue weighted by atomic mass is 35.5. The highest BCUT2D eigenvalue weighted by Crippen LogP contribution is 2.40. The Hall–Kier alpha value is -1.07. The lowest BCUT2D eigenvalue weighted by atomic mass is 9.84. The predicted octanol–water partition coefficient (Wildman–Crippen LogP) is 3.32. The first-order valence-electron chi connectivity index (χ1n) is 7.36. The molecule has 1 aromatic heterocycles. The summed E-state index contributed by atoms with van der Waals surface area (Å²) in [6.07, 6.45) is 5.57. The fourth-order valence-electron chi connectivity index (χ4n) is 2.93. The van der Waals surface area contributed by atoms with Crippen molar-refractivity contribution in [1.29, 1.82) is 0 Å². The molecule has 0 unspecified atom stereocenters. The maximum atomic E-state index is 11.8. The van der Waals surface area contributed by atoms with Gasteiger partial charge in [0.1, 0.15) is 5.00 Å². The van der Waals surface area contributed by atoms with Crippen LogP contribution in [-0.4, -0.2) is 17.7 Å². The van der Waals surface area contributed by atoms with Crippen molar-refractivity contribution < 1.29 is 9.59 Å². The van der Waals surface area contributed by atoms with Gasteiger partial charge in [0.25, 0.3) is 5.91 Å². The molecule has 21 heavy (non-hydrogen) atoms. The molecule has 116 valence electrons. The maximum Gasteiger partial charge on any atom is 0.251 e. The number of halogens is 1. The van der Waals surface area contributed by atoms with E-state index in [2.05, 4.69) is 12.2 Å². The van der Waals surface area contributed by atoms with E-state index < -0.39 is 5.91 Å². The zero-order valence-electron chi connectivity index (χ0n) is 12.2. The third-order valence-corrected chi connectivity index (χ3v) is 5.24. The van der Waals surface area contributed by atoms with E-state index in [4.69, 9.17) is 17.3 Å². The maximum absolute atomic E-state index is 11.8. The van der Waals surface area contributed by atoms with Gasteiger partial charge in [-0.15, -0.1) is 22.9 Å². The molecule has 0 aromatic carbocycles. The van der Waals surface area contributed by atoms with Crippen LogP contribution in [0.15, 0.2) is 0 Å². The highest BCUT2D eigenvalue weighted by Gasteiger charge is 2.28. The van der Waals surface area contributed by atoms with Crippen LogP contribution in [0.5, 0.6) is 0 Å². The van der Waals surface area contributed by atoms with Crippen LogP contribution in [0.1, 0.15) is 53.4 Å². The fourth-order valence-corrected chi connectivity index (χ4v) is 4.49. The van der Waals surface area contributed by atoms with Gasteiger partial charge < -0.3 is 11.1 Å². The number of amides is 2. The molecule has 0 spiro atoms. The average molecular weight is 329 g/mol. The normalized spacial score (nSPS) is 17.3. The second-order valence-electron chi connectivity index (χ2n) is 5.46. The zero-order chi connectivity index (χ0) is 15.4. The summed E-state index contributed by atoms with van der Waals surface area (Å²) in [7, 11) is 0. The molecule has 1 aliphatic carbocycles. The number of rotatable bonds is 6. The number of thiophene rings is 1. The van der Waals surface area contributed by atoms with Crippen molar-refractivity contribution in [2.75, 3.05) is 11.2 Å². The molecular weight excluding hydrogens is 308 g/mol. The highest BCUT2D eigenvalue weighted by molar-refractivity contribution is 7.17. The van der Waals surface area contributed by atoms with Crippen LogP contribution >= 0.6 is 22.9 Å². The summed E-state index contributed by atoms with van der Waals surface area (Å²) < 4.78 is 0. The molecule has 0 fully saturated rings. The van der Waals surface area contributed by atoms with Gasteiger partial charge in [-0.05, 0) is 30.7 Å². The molecule has 1 aliphatic rings. The minimum absolute atomic E-state index is 0.170. The third-order valence-electron chi connectivity index (χ3n) is 3.89. The van der Waals surface area contributed by atoms with Gasteiger partial charge in [-0.25, -0.2) is 0 Å². The summed E-state index contributed by atoms with van der Waals surface area (Å²) >= 11 is 7.07. The van der Waals surface area contributed by atoms with Gasteiger partial charge in [0, 0.05) is 17.2 Å². The molecule has 4 nitrogen and oxygen atoms in total. The van der Waals surface area contributed by atoms with Crippen molar-refractivity contribution in [1.82, 2.24) is 0 Å². The van der Waals surface area contributed by atoms with Gasteiger partial charge in [0.15, 0.2) is 0 Å². The van der Waals surface area contributed by atoms with Crippen LogP contribution in [-0.2, 0) is 17.6 Å². The van der Waals surface area contributed by atoms with Crippen LogP contribution in [0.25, 0.3) is 0 Å². The number of carbonyl (C=O) groups is 2. The van der Waals surface area contributed by atoms with Gasteiger partial charge in [0.2, 0.25) is 5.91 Å². The number of hydrogen-bond donors (Lipinski definition) is 2. The standard InChI is InChI=1S/C15H21ClN2O2S/c1-2-3-9-4-5-10-11(8-9)21-15(13(10)14(17)20)18-12(19)6-7-16/h9H,2-8H2,1H3,(H2,17,20)(H,18,19)/t9-/m1/s1. The summed E-state index contributed by atoms with van der Waals surface area (Å²) in [6.45, 7) is 2.19. The van der Waals surface area contributed by atoms with E-state index in [-0.39, 0.29) is 18.2 Å². The monoisotopic (exact) mass is 328 g/mol. The molecule has 2 rings (SSSR count). The second-order valence-corrected chi connectivity index (χ2v) is 6.94. The van der Waals surface area contributed by atoms with Gasteiger partial charge in [-0.2, -0.15) is 0 Å². The number of hydrogen-bond acceptors (Lipinski definition) is 3. The molecule has 1 heterocycles. The lowest BCUT2D eigenvalue weighted by Gasteiger charge is -2.21. The molecule has 1 atom stereocenters. The zero-order valence-corrected chi connectivity index (χ0v) is 13.8. The SMILES string of the molecule is CCC[C@@H]1CCc2c(sc(NC(=O)CCCl)c2C(N)=O)C1. The van der Waals surface area contributed by atoms with E-state index in [1.807, 2.05) is 0 Å². The van der Waals surface area contributed by atoms with E-state index in [9.17, 15) is 9.59 Å². The first-order chi connectivity index (χ1) is 10.1. The van der Waals surface area contributed by atoms with Crippen molar-refractivity contribution in [2.24, 2.45) is 11.7 Å². The number of nitrogens with one attached hydrogen (secondary N) is 1. The summed E-state index contributed by atoms with van der Waals surface area (Å²) in [4.78, 5) is 24.7. The Morgan fingerprint density at radius 3 is 2.86 bits per heavy atom. The van der Waals surface area contributed by atoms with E-state index in [1.54, 1.807) is 0 Å². The van der Waals surface area contributed by atoms with Gasteiger partial charge in [-0.1, -0.05) is 19.8 Å². The van der Waals surface area contributed by atoms with Gasteiger partial charge >= 0.3 is 0 Å². The second kappa shape index (κ2) is 7.27. The molecule has 0 bridgehead atoms. The van der Waals surface area contributed by atoms with Gasteiger partial charge in [-0.3, -0.25) is 9.59 Å². The summed E-state index contributed by atoms with van der Waals surface area (Å²) in [5.74, 6) is 0.314. The predicted molar refractivity (Wildman–Crippen MR) is 87.2 cm³/mol. The molecule has 0 saturated carbocycles. The number of primary amides is 1. The summed E-state index contributed by atoms with van der Waals surface area (Å²) in [5, 5.41) is 3.39. The summed E-state index contributed by atoms with van der Waals surface area (Å²) in [5.41, 5.74) is 7.07. The molecule has 0 saturated heterocycles. The Labute approximate surface area is 134 Å². The Morgan fingerprint density at radius 1 is 1.48 bits per heavy atom. The summed E-state index contributed by atoms with van der Waals surface area (Å²) in [6, 6.07) is 0. The lowest BCUT2D eigenvalue weighted by Crippen LogP contribution is -2.20. The van der Waals surface area contributed by atoms with Crippen molar-refractivity contribution in [3.8, 4) is 0 Å². The largest absolute Gasteiger partial charge is 0.365 e. The Kier molecular flexibility index (Phi) is 5.65. The fraction of sp³-hybridized carbons (Fsp3) is 0.600. The number of carbonyl (C=O) groups excluding carboxylic acids is 2. The molecule has 6 heteroatoms. The molecule has 0 aliphatic heterocycles. The molecule has 3 N–H and O–H groups in total. The molecule has 0 radical (unpaired) electrons. The van der Waals surface area contributed by atoms with E-state index in [0.717, 1.165) is 24.8 Å². The number of anilines is 1. The van der Waals surface area contributed by atoms with Crippen LogP contribution in [0.2, 0.25) is 0 Å². The van der Waals surface area contributed by atoms with Crippen molar-refractivity contribution >= 4 is 39.8 Å². The van der Waals surface area contributed by atoms with Crippen LogP contribution in [0.3, 0.4) is 0 Å². The number of alkyl halides is 1. The molecular formula is C15H21ClN2O2S. The Balaban J connectivity index is 2.26. The quantitative estimate of drug-likeness (QED) is 0.786.